The van der Waals surface area contributed by atoms with E-state index in [2.05, 4.69) is 31.3 Å². The number of carbonyl (C=O) groups is 1. The normalized spacial score (nSPS) is 16.1. The zero-order valence-corrected chi connectivity index (χ0v) is 17.9. The summed E-state index contributed by atoms with van der Waals surface area (Å²) >= 11 is 0. The topological polar surface area (TPSA) is 56.8 Å². The van der Waals surface area contributed by atoms with E-state index in [4.69, 9.17) is 14.2 Å². The summed E-state index contributed by atoms with van der Waals surface area (Å²) in [5.41, 5.74) is 2.13. The van der Waals surface area contributed by atoms with Gasteiger partial charge in [-0.15, -0.1) is 0 Å². The number of nitrogens with one attached hydrogen (secondary N) is 1. The second kappa shape index (κ2) is 12.2. The van der Waals surface area contributed by atoms with Crippen molar-refractivity contribution in [3.8, 4) is 0 Å². The van der Waals surface area contributed by atoms with Crippen LogP contribution in [0.15, 0.2) is 24.3 Å². The number of rotatable bonds is 12. The number of hydrogen-bond donors (Lipinski definition) is 1. The van der Waals surface area contributed by atoms with Gasteiger partial charge in [-0.3, -0.25) is 4.79 Å². The van der Waals surface area contributed by atoms with Gasteiger partial charge in [-0.2, -0.15) is 0 Å². The van der Waals surface area contributed by atoms with Crippen molar-refractivity contribution < 1.29 is 19.0 Å². The third-order valence-electron chi connectivity index (χ3n) is 5.02. The number of hydrogen-bond acceptors (Lipinski definition) is 5. The van der Waals surface area contributed by atoms with E-state index in [-0.39, 0.29) is 24.4 Å². The largest absolute Gasteiger partial charge is 0.461 e. The molecule has 0 saturated heterocycles. The van der Waals surface area contributed by atoms with Gasteiger partial charge in [0.2, 0.25) is 0 Å². The molecule has 0 heterocycles. The van der Waals surface area contributed by atoms with Crippen LogP contribution in [0.3, 0.4) is 0 Å². The molecule has 28 heavy (non-hydrogen) atoms. The van der Waals surface area contributed by atoms with Crippen LogP contribution in [-0.2, 0) is 25.5 Å². The van der Waals surface area contributed by atoms with Crippen molar-refractivity contribution in [1.82, 2.24) is 5.32 Å². The highest BCUT2D eigenvalue weighted by molar-refractivity contribution is 5.76. The van der Waals surface area contributed by atoms with E-state index < -0.39 is 0 Å². The molecule has 0 bridgehead atoms. The maximum atomic E-state index is 12.6. The molecule has 0 unspecified atom stereocenters. The first kappa shape index (κ1) is 22.9. The maximum absolute atomic E-state index is 12.6. The van der Waals surface area contributed by atoms with Gasteiger partial charge in [0.15, 0.2) is 6.29 Å². The second-order valence-corrected chi connectivity index (χ2v) is 7.89. The molecule has 1 atom stereocenters. The lowest BCUT2D eigenvalue weighted by Gasteiger charge is -2.22. The van der Waals surface area contributed by atoms with E-state index >= 15 is 0 Å². The summed E-state index contributed by atoms with van der Waals surface area (Å²) in [6, 6.07) is 7.91. The molecule has 2 rings (SSSR count). The number of benzene rings is 1. The molecule has 1 saturated carbocycles. The summed E-state index contributed by atoms with van der Waals surface area (Å²) in [6.45, 7) is 10.0. The average molecular weight is 392 g/mol. The van der Waals surface area contributed by atoms with E-state index in [1.54, 1.807) is 0 Å². The SMILES string of the molecule is CCOC(OCC)c1ccc(CN[C@H](CC(C)C)C(=O)OC2CCCC2)cc1. The van der Waals surface area contributed by atoms with Crippen LogP contribution >= 0.6 is 0 Å². The smallest absolute Gasteiger partial charge is 0.323 e. The minimum atomic E-state index is -0.327. The first-order valence-electron chi connectivity index (χ1n) is 10.8. The first-order chi connectivity index (χ1) is 13.5. The van der Waals surface area contributed by atoms with Gasteiger partial charge >= 0.3 is 5.97 Å². The highest BCUT2D eigenvalue weighted by atomic mass is 16.7. The summed E-state index contributed by atoms with van der Waals surface area (Å²) in [4.78, 5) is 12.6. The molecule has 5 nitrogen and oxygen atoms in total. The quantitative estimate of drug-likeness (QED) is 0.412. The lowest BCUT2D eigenvalue weighted by molar-refractivity contribution is -0.151. The molecule has 1 aromatic rings. The zero-order valence-electron chi connectivity index (χ0n) is 17.9. The Hall–Kier alpha value is -1.43. The van der Waals surface area contributed by atoms with Gasteiger partial charge in [0.1, 0.15) is 12.1 Å². The van der Waals surface area contributed by atoms with Crippen molar-refractivity contribution in [3.05, 3.63) is 35.4 Å². The fourth-order valence-corrected chi connectivity index (χ4v) is 3.56. The van der Waals surface area contributed by atoms with Crippen LogP contribution in [-0.4, -0.2) is 31.3 Å². The first-order valence-corrected chi connectivity index (χ1v) is 10.8. The minimum Gasteiger partial charge on any atom is -0.461 e. The van der Waals surface area contributed by atoms with Crippen LogP contribution in [0, 0.1) is 5.92 Å². The van der Waals surface area contributed by atoms with Crippen molar-refractivity contribution in [2.24, 2.45) is 5.92 Å². The Morgan fingerprint density at radius 2 is 1.68 bits per heavy atom. The van der Waals surface area contributed by atoms with Gasteiger partial charge in [-0.25, -0.2) is 0 Å². The summed E-state index contributed by atoms with van der Waals surface area (Å²) in [6.07, 6.45) is 4.89. The van der Waals surface area contributed by atoms with Crippen LogP contribution < -0.4 is 5.32 Å². The van der Waals surface area contributed by atoms with Gasteiger partial charge in [-0.1, -0.05) is 38.1 Å². The van der Waals surface area contributed by atoms with Crippen LogP contribution in [0.25, 0.3) is 0 Å². The van der Waals surface area contributed by atoms with Crippen molar-refractivity contribution in [2.75, 3.05) is 13.2 Å². The minimum absolute atomic E-state index is 0.107. The molecule has 1 aliphatic carbocycles. The van der Waals surface area contributed by atoms with E-state index in [9.17, 15) is 4.79 Å². The summed E-state index contributed by atoms with van der Waals surface area (Å²) in [7, 11) is 0. The standard InChI is InChI=1S/C23H37NO4/c1-5-26-23(27-6-2)19-13-11-18(12-14-19)16-24-21(15-17(3)4)22(25)28-20-9-7-8-10-20/h11-14,17,20-21,23-24H,5-10,15-16H2,1-4H3/t21-/m1/s1. The highest BCUT2D eigenvalue weighted by Gasteiger charge is 2.26. The molecule has 1 aliphatic rings. The van der Waals surface area contributed by atoms with Crippen molar-refractivity contribution in [1.29, 1.82) is 0 Å². The Labute approximate surface area is 170 Å². The third kappa shape index (κ3) is 7.53. The van der Waals surface area contributed by atoms with E-state index in [1.165, 1.54) is 0 Å². The van der Waals surface area contributed by atoms with Crippen LogP contribution in [0.5, 0.6) is 0 Å². The molecule has 1 fully saturated rings. The predicted octanol–water partition coefficient (Wildman–Crippen LogP) is 4.75. The number of carbonyl (C=O) groups excluding carboxylic acids is 1. The summed E-state index contributed by atoms with van der Waals surface area (Å²) in [5, 5.41) is 3.40. The summed E-state index contributed by atoms with van der Waals surface area (Å²) in [5.74, 6) is 0.319. The average Bonchev–Trinajstić information content (AvgIpc) is 3.18. The molecule has 0 radical (unpaired) electrons. The molecule has 0 amide bonds. The van der Waals surface area contributed by atoms with Crippen LogP contribution in [0.4, 0.5) is 0 Å². The Balaban J connectivity index is 1.92. The zero-order chi connectivity index (χ0) is 20.4. The Morgan fingerprint density at radius 3 is 2.21 bits per heavy atom. The molecular weight excluding hydrogens is 354 g/mol. The van der Waals surface area contributed by atoms with Gasteiger partial charge in [-0.05, 0) is 57.4 Å². The number of ether oxygens (including phenoxy) is 3. The molecule has 0 aromatic heterocycles. The fourth-order valence-electron chi connectivity index (χ4n) is 3.56. The summed E-state index contributed by atoms with van der Waals surface area (Å²) < 4.78 is 17.0. The van der Waals surface area contributed by atoms with E-state index in [0.717, 1.165) is 43.2 Å². The van der Waals surface area contributed by atoms with E-state index in [0.29, 0.717) is 25.7 Å². The Morgan fingerprint density at radius 1 is 1.07 bits per heavy atom. The lowest BCUT2D eigenvalue weighted by Crippen LogP contribution is -2.40. The Kier molecular flexibility index (Phi) is 9.96. The second-order valence-electron chi connectivity index (χ2n) is 7.89. The maximum Gasteiger partial charge on any atom is 0.323 e. The van der Waals surface area contributed by atoms with Crippen LogP contribution in [0.2, 0.25) is 0 Å². The lowest BCUT2D eigenvalue weighted by atomic mass is 10.0. The Bertz CT molecular complexity index is 560. The van der Waals surface area contributed by atoms with E-state index in [1.807, 2.05) is 26.0 Å². The van der Waals surface area contributed by atoms with Crippen molar-refractivity contribution >= 4 is 5.97 Å². The van der Waals surface area contributed by atoms with Crippen LogP contribution in [0.1, 0.15) is 77.2 Å². The molecule has 0 spiro atoms. The third-order valence-corrected chi connectivity index (χ3v) is 5.02. The molecular formula is C23H37NO4. The molecule has 1 N–H and O–H groups in total. The molecule has 0 aliphatic heterocycles. The van der Waals surface area contributed by atoms with Gasteiger partial charge in [0.05, 0.1) is 0 Å². The fraction of sp³-hybridized carbons (Fsp3) is 0.696. The van der Waals surface area contributed by atoms with Gasteiger partial charge in [0.25, 0.3) is 0 Å². The highest BCUT2D eigenvalue weighted by Crippen LogP contribution is 2.22. The molecule has 5 heteroatoms. The molecule has 158 valence electrons. The van der Waals surface area contributed by atoms with Crippen molar-refractivity contribution in [2.45, 2.75) is 84.8 Å². The van der Waals surface area contributed by atoms with Crippen molar-refractivity contribution in [3.63, 3.8) is 0 Å². The monoisotopic (exact) mass is 391 g/mol. The van der Waals surface area contributed by atoms with Gasteiger partial charge in [0, 0.05) is 25.3 Å². The predicted molar refractivity (Wildman–Crippen MR) is 111 cm³/mol. The van der Waals surface area contributed by atoms with Gasteiger partial charge < -0.3 is 19.5 Å². The number of esters is 1. The molecule has 1 aromatic carbocycles.